The summed E-state index contributed by atoms with van der Waals surface area (Å²) in [7, 11) is 5.68. The lowest BCUT2D eigenvalue weighted by atomic mass is 9.88. The number of halogens is 12. The zero-order valence-corrected chi connectivity index (χ0v) is 72.2. The number of anilines is 4. The molecule has 3 N–H and O–H groups in total. The van der Waals surface area contributed by atoms with Crippen LogP contribution in [0.25, 0.3) is 89.1 Å². The molecule has 0 radical (unpaired) electrons. The van der Waals surface area contributed by atoms with E-state index in [0.717, 1.165) is 160 Å². The van der Waals surface area contributed by atoms with Crippen molar-refractivity contribution in [3.05, 3.63) is 360 Å². The Labute approximate surface area is 752 Å². The Balaban J connectivity index is 0.000000118. The number of nitrogens with one attached hydrogen (secondary N) is 3. The second-order valence-corrected chi connectivity index (χ2v) is 34.0. The van der Waals surface area contributed by atoms with Crippen molar-refractivity contribution < 1.29 is 57.4 Å². The van der Waals surface area contributed by atoms with Crippen LogP contribution in [0.3, 0.4) is 0 Å². The van der Waals surface area contributed by atoms with Crippen LogP contribution in [-0.4, -0.2) is 129 Å². The van der Waals surface area contributed by atoms with Crippen molar-refractivity contribution in [1.82, 2.24) is 49.3 Å². The van der Waals surface area contributed by atoms with Crippen LogP contribution in [0, 0.1) is 12.8 Å². The number of ether oxygens (including phenoxy) is 1. The molecule has 11 aromatic carbocycles. The summed E-state index contributed by atoms with van der Waals surface area (Å²) in [6.07, 6.45) is -5.64. The number of benzene rings is 11. The summed E-state index contributed by atoms with van der Waals surface area (Å²) in [6.45, 7) is 9.38. The fourth-order valence-electron chi connectivity index (χ4n) is 17.2. The Morgan fingerprint density at radius 2 is 0.885 bits per heavy atom. The van der Waals surface area contributed by atoms with E-state index in [0.29, 0.717) is 62.2 Å². The minimum atomic E-state index is -4.54. The van der Waals surface area contributed by atoms with E-state index in [2.05, 4.69) is 88.4 Å². The average Bonchev–Trinajstić information content (AvgIpc) is 1.56. The van der Waals surface area contributed by atoms with Crippen LogP contribution < -0.4 is 30.5 Å². The van der Waals surface area contributed by atoms with Crippen molar-refractivity contribution in [2.24, 2.45) is 5.92 Å². The van der Waals surface area contributed by atoms with Gasteiger partial charge in [-0.05, 0) is 221 Å². The van der Waals surface area contributed by atoms with Crippen LogP contribution in [0.1, 0.15) is 56.8 Å². The fraction of sp³-hybridized carbons (Fsp3) is 0.204. The van der Waals surface area contributed by atoms with Gasteiger partial charge in [-0.25, -0.2) is 18.7 Å². The Hall–Kier alpha value is -13.8. The van der Waals surface area contributed by atoms with Gasteiger partial charge in [0.25, 0.3) is 0 Å². The molecule has 131 heavy (non-hydrogen) atoms. The van der Waals surface area contributed by atoms with E-state index in [1.54, 1.807) is 62.6 Å². The molecular weight excluding hydrogens is 1710 g/mol. The van der Waals surface area contributed by atoms with Gasteiger partial charge in [-0.1, -0.05) is 169 Å². The van der Waals surface area contributed by atoms with Gasteiger partial charge in [0, 0.05) is 122 Å². The Bertz CT molecular complexity index is 6750. The molecule has 666 valence electrons. The van der Waals surface area contributed by atoms with Crippen molar-refractivity contribution in [2.75, 3.05) is 93.9 Å². The van der Waals surface area contributed by atoms with Crippen molar-refractivity contribution in [3.63, 3.8) is 0 Å². The van der Waals surface area contributed by atoms with E-state index < -0.39 is 47.5 Å². The number of para-hydroxylation sites is 1. The molecule has 8 heterocycles. The molecule has 0 saturated carbocycles. The molecule has 21 rings (SSSR count). The predicted molar refractivity (Wildman–Crippen MR) is 495 cm³/mol. The van der Waals surface area contributed by atoms with Crippen molar-refractivity contribution in [2.45, 2.75) is 60.2 Å². The van der Waals surface area contributed by atoms with Crippen molar-refractivity contribution in [1.29, 1.82) is 0 Å². The van der Waals surface area contributed by atoms with Gasteiger partial charge >= 0.3 is 24.7 Å². The van der Waals surface area contributed by atoms with E-state index in [4.69, 9.17) is 4.74 Å². The number of allylic oxidation sites excluding steroid dienone is 5. The minimum Gasteiger partial charge on any atom is -0.485 e. The van der Waals surface area contributed by atoms with Crippen LogP contribution in [0.15, 0.2) is 314 Å². The smallest absolute Gasteiger partial charge is 0.435 e. The summed E-state index contributed by atoms with van der Waals surface area (Å²) in [4.78, 5) is 8.07. The highest BCUT2D eigenvalue weighted by molar-refractivity contribution is 8.00. The van der Waals surface area contributed by atoms with Gasteiger partial charge in [0.15, 0.2) is 17.1 Å². The normalized spacial score (nSPS) is 17.2. The number of hydrogen-bond acceptors (Lipinski definition) is 12. The Kier molecular flexibility index (Phi) is 24.5. The number of piperazine rings is 2. The summed E-state index contributed by atoms with van der Waals surface area (Å²) in [6, 6.07) is 83.1. The van der Waals surface area contributed by atoms with E-state index in [9.17, 15) is 52.7 Å². The number of thioether (sulfide) groups is 1. The summed E-state index contributed by atoms with van der Waals surface area (Å²) >= 11 is 1.81. The highest BCUT2D eigenvalue weighted by Gasteiger charge is 2.42. The largest absolute Gasteiger partial charge is 0.485 e. The van der Waals surface area contributed by atoms with Crippen LogP contribution >= 0.6 is 11.8 Å². The van der Waals surface area contributed by atoms with Crippen LogP contribution in [0.2, 0.25) is 0 Å². The summed E-state index contributed by atoms with van der Waals surface area (Å²) in [5.74, 6) is 1.09. The molecular formula is C103H88F12N14OS. The van der Waals surface area contributed by atoms with Gasteiger partial charge in [0.2, 0.25) is 0 Å². The Morgan fingerprint density at radius 3 is 1.47 bits per heavy atom. The zero-order chi connectivity index (χ0) is 91.0. The maximum Gasteiger partial charge on any atom is 0.435 e. The van der Waals surface area contributed by atoms with Gasteiger partial charge in [0.1, 0.15) is 17.5 Å². The first-order valence-electron chi connectivity index (χ1n) is 42.9. The summed E-state index contributed by atoms with van der Waals surface area (Å²) in [5.41, 5.74) is 12.3. The summed E-state index contributed by atoms with van der Waals surface area (Å²) < 4.78 is 175. The van der Waals surface area contributed by atoms with E-state index in [-0.39, 0.29) is 23.2 Å². The number of alkyl halides is 12. The van der Waals surface area contributed by atoms with Gasteiger partial charge in [0.05, 0.1) is 45.5 Å². The second kappa shape index (κ2) is 36.6. The lowest BCUT2D eigenvalue weighted by Gasteiger charge is -2.34. The molecule has 2 fully saturated rings. The second-order valence-electron chi connectivity index (χ2n) is 32.8. The average molecular weight is 1800 g/mol. The van der Waals surface area contributed by atoms with Crippen LogP contribution in [0.4, 0.5) is 75.4 Å². The third kappa shape index (κ3) is 19.2. The first kappa shape index (κ1) is 87.8. The van der Waals surface area contributed by atoms with Crippen LogP contribution in [0.5, 0.6) is 5.75 Å². The molecule has 15 aromatic rings. The molecule has 28 heteroatoms. The first-order chi connectivity index (χ1) is 63.1. The maximum absolute atomic E-state index is 14.0. The highest BCUT2D eigenvalue weighted by atomic mass is 32.2. The zero-order valence-electron chi connectivity index (χ0n) is 71.4. The van der Waals surface area contributed by atoms with Crippen LogP contribution in [-0.2, 0) is 31.1 Å². The number of nitrogens with zero attached hydrogens (tertiary/aromatic N) is 11. The topological polar surface area (TPSA) is 126 Å². The van der Waals surface area contributed by atoms with Gasteiger partial charge in [-0.2, -0.15) is 73.1 Å². The molecule has 2 aliphatic carbocycles. The third-order valence-electron chi connectivity index (χ3n) is 24.2. The standard InChI is InChI=1S/C28H23F3N4.C28H27F3N4.C24H20F3N3S.C23H18F3N3O/c29-28(30,31)27-18-26(21-7-12-25-20(17-21)6-5-19-3-1-2-4-24(19)25)33-35(27)23-10-8-22(9-11-23)34-15-13-32-14-16-34;1-20-3-5-21(6-4-20)22-7-9-23(10-8-22)26-19-27(28(29,30)31)32-35(26)25-13-11-24(12-14-25)34-17-15-33(2)16-18-34;1-28-18-7-9-19(10-8-18)30-20(14-23(29-30)24(25,26)27)15-6-11-22-17(12-15)13-16-4-2-3-5-21(16)31-22;1-27-15-7-9-16(10-8-15)29-19(13-22(28-29)23(24,25)26)14-6-11-18-17-4-2-3-5-20(17)30-21(18)12-14/h1-12,17-18,32H,13-16H2;3-14,19H,15-18H2,1-2H3;2-12,14,17,22,28H,13H2,1H3;2-13,18,21,27H,1H3. The predicted octanol–water partition coefficient (Wildman–Crippen LogP) is 24.2. The number of aryl methyl sites for hydroxylation is 1. The number of fused-ring (bicyclic) bond motifs is 8. The molecule has 4 atom stereocenters. The molecule has 4 aliphatic heterocycles. The summed E-state index contributed by atoms with van der Waals surface area (Å²) in [5, 5.41) is 30.0. The molecule has 4 unspecified atom stereocenters. The molecule has 0 amide bonds. The molecule has 0 bridgehead atoms. The van der Waals surface area contributed by atoms with Crippen molar-refractivity contribution in [3.8, 4) is 62.1 Å². The van der Waals surface area contributed by atoms with Gasteiger partial charge < -0.3 is 35.4 Å². The first-order valence-corrected chi connectivity index (χ1v) is 43.7. The Morgan fingerprint density at radius 1 is 0.412 bits per heavy atom. The maximum atomic E-state index is 14.0. The molecule has 15 nitrogen and oxygen atoms in total. The SMILES string of the molecule is CNc1ccc(-n2nc(C(F)(F)F)cc2C2=CC3Cc4ccccc4SC3C=C2)cc1.CNc1ccc(-n2nc(C(F)(F)F)cc2C2=CC3Oc4ccccc4C3C=C2)cc1.Cc1ccc(-c2ccc(-c3cc(C(F)(F)F)nn3-c3ccc(N4CCN(C)CC4)cc3)cc2)cc1.FC(F)(F)c1cc(-c2ccc3c(ccc4ccccc43)c2)nn1-c1ccc(N2CCNCC2)cc1. The molecule has 4 aromatic heterocycles. The van der Waals surface area contributed by atoms with E-state index in [1.165, 1.54) is 30.1 Å². The van der Waals surface area contributed by atoms with Crippen molar-refractivity contribution >= 4 is 67.2 Å². The highest BCUT2D eigenvalue weighted by Crippen LogP contribution is 2.48. The lowest BCUT2D eigenvalue weighted by molar-refractivity contribution is -0.143. The molecule has 6 aliphatic rings. The van der Waals surface area contributed by atoms with Gasteiger partial charge in [-0.3, -0.25) is 0 Å². The number of likely N-dealkylation sites (N-methyl/N-ethyl adjacent to an activating group) is 1. The minimum absolute atomic E-state index is 0.0540. The van der Waals surface area contributed by atoms with E-state index >= 15 is 0 Å². The number of hydrogen-bond donors (Lipinski definition) is 3. The fourth-order valence-corrected chi connectivity index (χ4v) is 18.4. The monoisotopic (exact) mass is 1800 g/mol. The number of aromatic nitrogens is 8. The van der Waals surface area contributed by atoms with Gasteiger partial charge in [-0.15, -0.1) is 11.8 Å². The third-order valence-corrected chi connectivity index (χ3v) is 25.7. The number of rotatable bonds is 13. The lowest BCUT2D eigenvalue weighted by Crippen LogP contribution is -2.44. The van der Waals surface area contributed by atoms with E-state index in [1.807, 2.05) is 225 Å². The molecule has 2 saturated heterocycles. The molecule has 0 spiro atoms. The quantitative estimate of drug-likeness (QED) is 0.0751.